The van der Waals surface area contributed by atoms with Crippen LogP contribution in [0.2, 0.25) is 0 Å². The molecule has 3 aromatic carbocycles. The first-order chi connectivity index (χ1) is 24.7. The van der Waals surface area contributed by atoms with Crippen molar-refractivity contribution in [1.82, 2.24) is 0 Å². The SMILES string of the molecule is CCCCCCCCCCCOC1(COCOCCOC)O[C@H](COCc2ccccc2)[C@@H](OCc2ccccc2)[C@@H]1OCc1ccccc1. The van der Waals surface area contributed by atoms with E-state index in [1.165, 1.54) is 44.9 Å². The van der Waals surface area contributed by atoms with Crippen molar-refractivity contribution in [3.8, 4) is 0 Å². The summed E-state index contributed by atoms with van der Waals surface area (Å²) in [5.74, 6) is -1.23. The molecule has 0 radical (unpaired) electrons. The Morgan fingerprint density at radius 1 is 0.580 bits per heavy atom. The second kappa shape index (κ2) is 24.5. The smallest absolute Gasteiger partial charge is 0.222 e. The Hall–Kier alpha value is -2.66. The first kappa shape index (κ1) is 40.1. The highest BCUT2D eigenvalue weighted by Crippen LogP contribution is 2.39. The molecule has 8 nitrogen and oxygen atoms in total. The van der Waals surface area contributed by atoms with Gasteiger partial charge in [-0.2, -0.15) is 0 Å². The number of hydrogen-bond acceptors (Lipinski definition) is 8. The summed E-state index contributed by atoms with van der Waals surface area (Å²) in [6.07, 6.45) is 9.47. The van der Waals surface area contributed by atoms with E-state index in [-0.39, 0.29) is 13.4 Å². The molecule has 0 N–H and O–H groups in total. The van der Waals surface area contributed by atoms with Crippen molar-refractivity contribution >= 4 is 0 Å². The predicted molar refractivity (Wildman–Crippen MR) is 196 cm³/mol. The molecular formula is C42H60O8. The van der Waals surface area contributed by atoms with E-state index in [0.29, 0.717) is 46.2 Å². The van der Waals surface area contributed by atoms with Crippen molar-refractivity contribution in [3.63, 3.8) is 0 Å². The first-order valence-corrected chi connectivity index (χ1v) is 18.6. The second-order valence-electron chi connectivity index (χ2n) is 13.0. The minimum absolute atomic E-state index is 0.0754. The number of unbranched alkanes of at least 4 members (excludes halogenated alkanes) is 8. The molecule has 0 aliphatic carbocycles. The van der Waals surface area contributed by atoms with Gasteiger partial charge in [0.05, 0.1) is 46.2 Å². The van der Waals surface area contributed by atoms with Gasteiger partial charge in [-0.3, -0.25) is 0 Å². The molecule has 1 unspecified atom stereocenters. The third-order valence-electron chi connectivity index (χ3n) is 8.90. The molecule has 4 rings (SSSR count). The Morgan fingerprint density at radius 3 is 1.74 bits per heavy atom. The molecule has 0 bridgehead atoms. The summed E-state index contributed by atoms with van der Waals surface area (Å²) in [6, 6.07) is 30.5. The third kappa shape index (κ3) is 14.5. The number of ether oxygens (including phenoxy) is 8. The molecule has 4 atom stereocenters. The fourth-order valence-electron chi connectivity index (χ4n) is 6.15. The summed E-state index contributed by atoms with van der Waals surface area (Å²) in [7, 11) is 1.65. The van der Waals surface area contributed by atoms with Crippen LogP contribution in [0.5, 0.6) is 0 Å². The molecule has 0 saturated carbocycles. The van der Waals surface area contributed by atoms with Crippen LogP contribution in [0.25, 0.3) is 0 Å². The fourth-order valence-corrected chi connectivity index (χ4v) is 6.15. The molecule has 276 valence electrons. The molecule has 0 aromatic heterocycles. The Labute approximate surface area is 300 Å². The fraction of sp³-hybridized carbons (Fsp3) is 0.571. The van der Waals surface area contributed by atoms with Crippen LogP contribution >= 0.6 is 0 Å². The van der Waals surface area contributed by atoms with Gasteiger partial charge < -0.3 is 37.9 Å². The minimum Gasteiger partial charge on any atom is -0.382 e. The van der Waals surface area contributed by atoms with Crippen LogP contribution in [-0.2, 0) is 57.7 Å². The highest BCUT2D eigenvalue weighted by molar-refractivity contribution is 5.16. The highest BCUT2D eigenvalue weighted by atomic mass is 16.8. The molecule has 0 amide bonds. The topological polar surface area (TPSA) is 73.8 Å². The summed E-state index contributed by atoms with van der Waals surface area (Å²) in [4.78, 5) is 0. The third-order valence-corrected chi connectivity index (χ3v) is 8.90. The average Bonchev–Trinajstić information content (AvgIpc) is 3.44. The van der Waals surface area contributed by atoms with Gasteiger partial charge in [-0.15, -0.1) is 0 Å². The Kier molecular flexibility index (Phi) is 19.7. The van der Waals surface area contributed by atoms with E-state index in [1.54, 1.807) is 7.11 Å². The monoisotopic (exact) mass is 692 g/mol. The summed E-state index contributed by atoms with van der Waals surface area (Å²) in [6.45, 7) is 5.38. The van der Waals surface area contributed by atoms with Gasteiger partial charge >= 0.3 is 0 Å². The lowest BCUT2D eigenvalue weighted by molar-refractivity contribution is -0.298. The Bertz CT molecular complexity index is 1230. The lowest BCUT2D eigenvalue weighted by atomic mass is 10.0. The summed E-state index contributed by atoms with van der Waals surface area (Å²) < 4.78 is 50.3. The molecular weight excluding hydrogens is 632 g/mol. The van der Waals surface area contributed by atoms with E-state index in [9.17, 15) is 0 Å². The standard InChI is InChI=1S/C42H60O8/c1-3-4-5-6-7-8-9-10-20-27-49-42(34-46-35-44-29-28-43-2)41(48-32-38-25-18-13-19-26-38)40(47-31-37-23-16-12-17-24-37)39(50-42)33-45-30-36-21-14-11-15-22-36/h11-19,21-26,39-41H,3-10,20,27-35H2,1-2H3/t39-,40-,41+,42?/m1/s1. The lowest BCUT2D eigenvalue weighted by Crippen LogP contribution is -2.51. The van der Waals surface area contributed by atoms with Crippen molar-refractivity contribution in [2.45, 2.75) is 109 Å². The van der Waals surface area contributed by atoms with E-state index >= 15 is 0 Å². The molecule has 0 spiro atoms. The average molecular weight is 693 g/mol. The van der Waals surface area contributed by atoms with Gasteiger partial charge in [0.25, 0.3) is 0 Å². The van der Waals surface area contributed by atoms with Crippen LogP contribution in [0, 0.1) is 0 Å². The minimum atomic E-state index is -1.23. The van der Waals surface area contributed by atoms with Crippen LogP contribution < -0.4 is 0 Å². The molecule has 1 aliphatic heterocycles. The van der Waals surface area contributed by atoms with Crippen molar-refractivity contribution < 1.29 is 37.9 Å². The number of rotatable bonds is 28. The van der Waals surface area contributed by atoms with Crippen LogP contribution in [0.1, 0.15) is 81.4 Å². The van der Waals surface area contributed by atoms with Gasteiger partial charge in [0.2, 0.25) is 5.79 Å². The van der Waals surface area contributed by atoms with Crippen LogP contribution in [0.15, 0.2) is 91.0 Å². The van der Waals surface area contributed by atoms with Gasteiger partial charge in [0.1, 0.15) is 31.7 Å². The quantitative estimate of drug-likeness (QED) is 0.0553. The molecule has 1 heterocycles. The summed E-state index contributed by atoms with van der Waals surface area (Å²) >= 11 is 0. The highest BCUT2D eigenvalue weighted by Gasteiger charge is 2.58. The van der Waals surface area contributed by atoms with E-state index in [2.05, 4.69) is 43.3 Å². The zero-order valence-electron chi connectivity index (χ0n) is 30.4. The van der Waals surface area contributed by atoms with Crippen LogP contribution in [-0.4, -0.2) is 71.0 Å². The van der Waals surface area contributed by atoms with E-state index in [1.807, 2.05) is 54.6 Å². The molecule has 50 heavy (non-hydrogen) atoms. The van der Waals surface area contributed by atoms with Crippen molar-refractivity contribution in [2.24, 2.45) is 0 Å². The number of methoxy groups -OCH3 is 1. The largest absolute Gasteiger partial charge is 0.382 e. The number of hydrogen-bond donors (Lipinski definition) is 0. The van der Waals surface area contributed by atoms with E-state index < -0.39 is 24.1 Å². The Morgan fingerprint density at radius 2 is 1.14 bits per heavy atom. The van der Waals surface area contributed by atoms with Gasteiger partial charge in [-0.1, -0.05) is 149 Å². The summed E-state index contributed by atoms with van der Waals surface area (Å²) in [5.41, 5.74) is 3.21. The van der Waals surface area contributed by atoms with Gasteiger partial charge in [-0.05, 0) is 23.1 Å². The van der Waals surface area contributed by atoms with Crippen molar-refractivity contribution in [1.29, 1.82) is 0 Å². The van der Waals surface area contributed by atoms with Crippen molar-refractivity contribution in [3.05, 3.63) is 108 Å². The normalized spacial score (nSPS) is 20.4. The summed E-state index contributed by atoms with van der Waals surface area (Å²) in [5, 5.41) is 0. The molecule has 1 aliphatic rings. The molecule has 8 heteroatoms. The van der Waals surface area contributed by atoms with E-state index in [0.717, 1.165) is 29.5 Å². The molecule has 1 fully saturated rings. The van der Waals surface area contributed by atoms with Crippen LogP contribution in [0.3, 0.4) is 0 Å². The Balaban J connectivity index is 1.51. The van der Waals surface area contributed by atoms with Crippen molar-refractivity contribution in [2.75, 3.05) is 46.9 Å². The molecule has 3 aromatic rings. The maximum atomic E-state index is 6.90. The van der Waals surface area contributed by atoms with Gasteiger partial charge in [-0.25, -0.2) is 0 Å². The lowest BCUT2D eigenvalue weighted by Gasteiger charge is -2.35. The maximum absolute atomic E-state index is 6.90. The zero-order chi connectivity index (χ0) is 35.0. The second-order valence-corrected chi connectivity index (χ2v) is 13.0. The van der Waals surface area contributed by atoms with Gasteiger partial charge in [0, 0.05) is 7.11 Å². The van der Waals surface area contributed by atoms with Crippen LogP contribution in [0.4, 0.5) is 0 Å². The predicted octanol–water partition coefficient (Wildman–Crippen LogP) is 8.65. The zero-order valence-corrected chi connectivity index (χ0v) is 30.4. The maximum Gasteiger partial charge on any atom is 0.222 e. The van der Waals surface area contributed by atoms with E-state index in [4.69, 9.17) is 37.9 Å². The first-order valence-electron chi connectivity index (χ1n) is 18.6. The van der Waals surface area contributed by atoms with Gasteiger partial charge in [0.15, 0.2) is 0 Å². The number of benzene rings is 3. The molecule has 1 saturated heterocycles.